The molecule has 0 aliphatic heterocycles. The van der Waals surface area contributed by atoms with E-state index in [1.807, 2.05) is 12.1 Å². The smallest absolute Gasteiger partial charge is 0.261 e. The Bertz CT molecular complexity index is 1270. The minimum absolute atomic E-state index is 0.182. The van der Waals surface area contributed by atoms with Crippen molar-refractivity contribution < 1.29 is 14.3 Å². The van der Waals surface area contributed by atoms with Gasteiger partial charge >= 0.3 is 0 Å². The van der Waals surface area contributed by atoms with Crippen molar-refractivity contribution in [2.24, 2.45) is 5.92 Å². The van der Waals surface area contributed by atoms with Crippen molar-refractivity contribution in [3.05, 3.63) is 47.4 Å². The molecule has 0 atom stereocenters. The molecule has 31 heavy (non-hydrogen) atoms. The number of fused-ring (bicyclic) bond motifs is 2. The number of ether oxygens (including phenoxy) is 1. The Hall–Kier alpha value is -3.33. The first-order chi connectivity index (χ1) is 15.2. The summed E-state index contributed by atoms with van der Waals surface area (Å²) < 4.78 is 8.06. The summed E-state index contributed by atoms with van der Waals surface area (Å²) >= 11 is 1.64. The minimum Gasteiger partial charge on any atom is -0.494 e. The van der Waals surface area contributed by atoms with E-state index in [0.717, 1.165) is 47.2 Å². The maximum atomic E-state index is 12.9. The minimum atomic E-state index is -0.303. The predicted molar refractivity (Wildman–Crippen MR) is 118 cm³/mol. The van der Waals surface area contributed by atoms with Crippen molar-refractivity contribution in [2.45, 2.75) is 31.6 Å². The van der Waals surface area contributed by atoms with Gasteiger partial charge in [0.25, 0.3) is 5.91 Å². The Balaban J connectivity index is 1.43. The Morgan fingerprint density at radius 3 is 2.90 bits per heavy atom. The van der Waals surface area contributed by atoms with Gasteiger partial charge in [-0.15, -0.1) is 11.3 Å². The molecule has 0 saturated heterocycles. The molecular formula is C22H21N5O3S. The average molecular weight is 436 g/mol. The molecule has 5 rings (SSSR count). The number of anilines is 1. The number of aromatic nitrogens is 4. The molecule has 1 aromatic carbocycles. The van der Waals surface area contributed by atoms with Crippen LogP contribution in [-0.2, 0) is 4.79 Å². The molecule has 1 amide bonds. The van der Waals surface area contributed by atoms with Crippen LogP contribution in [0.3, 0.4) is 0 Å². The van der Waals surface area contributed by atoms with Gasteiger partial charge in [-0.2, -0.15) is 5.10 Å². The zero-order chi connectivity index (χ0) is 21.4. The van der Waals surface area contributed by atoms with Crippen LogP contribution < -0.4 is 10.1 Å². The number of carbonyl (C=O) groups is 2. The van der Waals surface area contributed by atoms with Gasteiger partial charge in [0, 0.05) is 30.3 Å². The third-order valence-electron chi connectivity index (χ3n) is 5.81. The Morgan fingerprint density at radius 2 is 2.13 bits per heavy atom. The molecule has 3 heterocycles. The highest BCUT2D eigenvalue weighted by atomic mass is 32.1. The Morgan fingerprint density at radius 1 is 1.29 bits per heavy atom. The molecule has 0 unspecified atom stereocenters. The maximum Gasteiger partial charge on any atom is 0.261 e. The Labute approximate surface area is 182 Å². The summed E-state index contributed by atoms with van der Waals surface area (Å²) in [4.78, 5) is 33.0. The number of aldehydes is 1. The van der Waals surface area contributed by atoms with Crippen LogP contribution in [0.4, 0.5) is 5.69 Å². The number of hydrogen-bond donors (Lipinski definition) is 1. The number of nitrogens with one attached hydrogen (secondary N) is 1. The van der Waals surface area contributed by atoms with E-state index < -0.39 is 0 Å². The second kappa shape index (κ2) is 8.07. The van der Waals surface area contributed by atoms with Crippen LogP contribution in [0.1, 0.15) is 47.0 Å². The van der Waals surface area contributed by atoms with Crippen molar-refractivity contribution in [2.75, 3.05) is 12.4 Å². The fourth-order valence-electron chi connectivity index (χ4n) is 4.09. The lowest BCUT2D eigenvalue weighted by atomic mass is 9.83. The fourth-order valence-corrected chi connectivity index (χ4v) is 5.25. The largest absolute Gasteiger partial charge is 0.494 e. The number of hydrogen-bond acceptors (Lipinski definition) is 7. The predicted octanol–water partition coefficient (Wildman–Crippen LogP) is 4.07. The zero-order valence-electron chi connectivity index (χ0n) is 16.9. The van der Waals surface area contributed by atoms with E-state index in [1.54, 1.807) is 41.4 Å². The second-order valence-corrected chi connectivity index (χ2v) is 8.78. The molecule has 0 spiro atoms. The third kappa shape index (κ3) is 3.65. The van der Waals surface area contributed by atoms with E-state index >= 15 is 0 Å². The van der Waals surface area contributed by atoms with E-state index in [9.17, 15) is 9.59 Å². The maximum absolute atomic E-state index is 12.9. The second-order valence-electron chi connectivity index (χ2n) is 7.72. The van der Waals surface area contributed by atoms with Gasteiger partial charge in [0.05, 0.1) is 34.2 Å². The summed E-state index contributed by atoms with van der Waals surface area (Å²) in [5.41, 5.74) is 2.31. The molecule has 8 nitrogen and oxygen atoms in total. The van der Waals surface area contributed by atoms with E-state index in [0.29, 0.717) is 28.6 Å². The van der Waals surface area contributed by atoms with E-state index in [4.69, 9.17) is 9.72 Å². The lowest BCUT2D eigenvalue weighted by molar-refractivity contribution is -0.111. The Kier molecular flexibility index (Phi) is 5.11. The first-order valence-electron chi connectivity index (χ1n) is 10.2. The molecule has 1 aliphatic carbocycles. The summed E-state index contributed by atoms with van der Waals surface area (Å²) in [6, 6.07) is 5.52. The number of thiazole rings is 1. The highest BCUT2D eigenvalue weighted by Crippen LogP contribution is 2.40. The molecule has 0 bridgehead atoms. The van der Waals surface area contributed by atoms with Crippen LogP contribution in [0.5, 0.6) is 5.75 Å². The van der Waals surface area contributed by atoms with Gasteiger partial charge in [0.1, 0.15) is 17.6 Å². The summed E-state index contributed by atoms with van der Waals surface area (Å²) in [5, 5.41) is 8.19. The first kappa shape index (κ1) is 19.6. The van der Waals surface area contributed by atoms with Crippen LogP contribution in [0.15, 0.2) is 36.8 Å². The third-order valence-corrected chi connectivity index (χ3v) is 6.99. The van der Waals surface area contributed by atoms with Gasteiger partial charge in [0.2, 0.25) is 0 Å². The number of amides is 1. The monoisotopic (exact) mass is 435 g/mol. The molecule has 158 valence electrons. The molecule has 1 fully saturated rings. The molecule has 4 aromatic rings. The number of carbonyl (C=O) groups excluding carboxylic acids is 2. The van der Waals surface area contributed by atoms with Crippen molar-refractivity contribution in [1.29, 1.82) is 0 Å². The van der Waals surface area contributed by atoms with Crippen molar-refractivity contribution in [3.8, 4) is 5.75 Å². The van der Waals surface area contributed by atoms with E-state index in [2.05, 4.69) is 15.4 Å². The normalized spacial score (nSPS) is 18.9. The van der Waals surface area contributed by atoms with E-state index in [-0.39, 0.29) is 11.8 Å². The SMILES string of the molecule is COc1cc2nc(C3CCC(C=O)CC3)sc2cc1NC(=O)c1cnn2cccnc12. The molecule has 9 heteroatoms. The lowest BCUT2D eigenvalue weighted by Gasteiger charge is -2.23. The van der Waals surface area contributed by atoms with Gasteiger partial charge in [-0.3, -0.25) is 4.79 Å². The van der Waals surface area contributed by atoms with Gasteiger partial charge in [-0.25, -0.2) is 14.5 Å². The van der Waals surface area contributed by atoms with Gasteiger partial charge in [-0.05, 0) is 37.8 Å². The van der Waals surface area contributed by atoms with Crippen molar-refractivity contribution in [3.63, 3.8) is 0 Å². The topological polar surface area (TPSA) is 98.5 Å². The van der Waals surface area contributed by atoms with E-state index in [1.165, 1.54) is 6.20 Å². The molecule has 3 aromatic heterocycles. The average Bonchev–Trinajstić information content (AvgIpc) is 3.42. The number of benzene rings is 1. The standard InChI is InChI=1S/C22H21N5O3S/c1-30-18-9-17-19(31-22(26-17)14-5-3-13(12-28)4-6-14)10-16(18)25-21(29)15-11-24-27-8-2-7-23-20(15)27/h2,7-14H,3-6H2,1H3,(H,25,29). The quantitative estimate of drug-likeness (QED) is 0.475. The van der Waals surface area contributed by atoms with Gasteiger partial charge in [-0.1, -0.05) is 0 Å². The molecule has 1 aliphatic rings. The van der Waals surface area contributed by atoms with Crippen LogP contribution in [0, 0.1) is 5.92 Å². The van der Waals surface area contributed by atoms with Gasteiger partial charge in [0.15, 0.2) is 5.65 Å². The van der Waals surface area contributed by atoms with Crippen LogP contribution >= 0.6 is 11.3 Å². The number of nitrogens with zero attached hydrogens (tertiary/aromatic N) is 4. The molecule has 0 radical (unpaired) electrons. The molecular weight excluding hydrogens is 414 g/mol. The number of rotatable bonds is 5. The summed E-state index contributed by atoms with van der Waals surface area (Å²) in [6.07, 6.45) is 9.74. The molecule has 1 N–H and O–H groups in total. The van der Waals surface area contributed by atoms with Crippen LogP contribution in [0.25, 0.3) is 15.9 Å². The summed E-state index contributed by atoms with van der Waals surface area (Å²) in [7, 11) is 1.57. The number of methoxy groups -OCH3 is 1. The van der Waals surface area contributed by atoms with Crippen molar-refractivity contribution >= 4 is 45.1 Å². The van der Waals surface area contributed by atoms with Crippen LogP contribution in [-0.4, -0.2) is 38.9 Å². The highest BCUT2D eigenvalue weighted by Gasteiger charge is 2.25. The molecule has 1 saturated carbocycles. The van der Waals surface area contributed by atoms with Gasteiger partial charge < -0.3 is 14.8 Å². The zero-order valence-corrected chi connectivity index (χ0v) is 17.8. The highest BCUT2D eigenvalue weighted by molar-refractivity contribution is 7.18. The first-order valence-corrected chi connectivity index (χ1v) is 11.0. The van der Waals surface area contributed by atoms with Crippen LogP contribution in [0.2, 0.25) is 0 Å². The lowest BCUT2D eigenvalue weighted by Crippen LogP contribution is -2.13. The summed E-state index contributed by atoms with van der Waals surface area (Å²) in [5.74, 6) is 0.805. The summed E-state index contributed by atoms with van der Waals surface area (Å²) in [6.45, 7) is 0. The van der Waals surface area contributed by atoms with Crippen molar-refractivity contribution in [1.82, 2.24) is 19.6 Å². The fraction of sp³-hybridized carbons (Fsp3) is 0.318.